The average Bonchev–Trinajstić information content (AvgIpc) is 2.39. The fourth-order valence-electron chi connectivity index (χ4n) is 1.51. The second-order valence-corrected chi connectivity index (χ2v) is 3.54. The van der Waals surface area contributed by atoms with Gasteiger partial charge in [0.2, 0.25) is 0 Å². The van der Waals surface area contributed by atoms with E-state index in [1.54, 1.807) is 6.08 Å². The molecular formula is C15H14O2. The summed E-state index contributed by atoms with van der Waals surface area (Å²) in [4.78, 5) is 0. The maximum atomic E-state index is 8.78. The van der Waals surface area contributed by atoms with E-state index in [4.69, 9.17) is 9.84 Å². The van der Waals surface area contributed by atoms with Gasteiger partial charge in [0.25, 0.3) is 0 Å². The minimum atomic E-state index is 0.0275. The number of ether oxygens (including phenoxy) is 1. The molecule has 0 aromatic heterocycles. The Bertz CT molecular complexity index is 489. The normalized spacial score (nSPS) is 10.6. The largest absolute Gasteiger partial charge is 0.457 e. The standard InChI is InChI=1S/C15H14O2/c16-12-6-8-13-7-4-5-11-15(13)17-14-9-2-1-3-10-14/h1-11,16H,12H2. The Morgan fingerprint density at radius 2 is 1.65 bits per heavy atom. The smallest absolute Gasteiger partial charge is 0.134 e. The molecule has 0 aliphatic heterocycles. The van der Waals surface area contributed by atoms with Crippen LogP contribution in [0.15, 0.2) is 60.7 Å². The summed E-state index contributed by atoms with van der Waals surface area (Å²) >= 11 is 0. The van der Waals surface area contributed by atoms with Gasteiger partial charge in [-0.15, -0.1) is 0 Å². The molecule has 0 bridgehead atoms. The van der Waals surface area contributed by atoms with E-state index in [-0.39, 0.29) is 6.61 Å². The predicted octanol–water partition coefficient (Wildman–Crippen LogP) is 3.48. The first kappa shape index (κ1) is 11.4. The van der Waals surface area contributed by atoms with Crippen molar-refractivity contribution in [3.63, 3.8) is 0 Å². The summed E-state index contributed by atoms with van der Waals surface area (Å²) in [5.74, 6) is 1.58. The molecule has 2 rings (SSSR count). The van der Waals surface area contributed by atoms with Crippen LogP contribution in [0.5, 0.6) is 11.5 Å². The topological polar surface area (TPSA) is 29.5 Å². The zero-order valence-electron chi connectivity index (χ0n) is 9.41. The van der Waals surface area contributed by atoms with Gasteiger partial charge in [-0.1, -0.05) is 48.6 Å². The van der Waals surface area contributed by atoms with Crippen molar-refractivity contribution in [2.75, 3.05) is 6.61 Å². The summed E-state index contributed by atoms with van der Waals surface area (Å²) in [6.45, 7) is 0.0275. The van der Waals surface area contributed by atoms with Gasteiger partial charge in [0, 0.05) is 5.56 Å². The third kappa shape index (κ3) is 3.20. The number of hydrogen-bond donors (Lipinski definition) is 1. The molecule has 0 saturated carbocycles. The summed E-state index contributed by atoms with van der Waals surface area (Å²) in [5, 5.41) is 8.78. The van der Waals surface area contributed by atoms with Crippen LogP contribution in [-0.2, 0) is 0 Å². The summed E-state index contributed by atoms with van der Waals surface area (Å²) in [7, 11) is 0. The van der Waals surface area contributed by atoms with Gasteiger partial charge < -0.3 is 9.84 Å². The highest BCUT2D eigenvalue weighted by Gasteiger charge is 2.00. The number of aliphatic hydroxyl groups excluding tert-OH is 1. The molecule has 2 nitrogen and oxygen atoms in total. The molecule has 0 fully saturated rings. The van der Waals surface area contributed by atoms with Gasteiger partial charge in [0.15, 0.2) is 0 Å². The van der Waals surface area contributed by atoms with Gasteiger partial charge in [0.05, 0.1) is 6.61 Å². The molecule has 0 radical (unpaired) electrons. The Morgan fingerprint density at radius 1 is 0.941 bits per heavy atom. The molecule has 0 unspecified atom stereocenters. The summed E-state index contributed by atoms with van der Waals surface area (Å²) in [6.07, 6.45) is 3.53. The highest BCUT2D eigenvalue weighted by Crippen LogP contribution is 2.25. The minimum Gasteiger partial charge on any atom is -0.457 e. The van der Waals surface area contributed by atoms with E-state index < -0.39 is 0 Å². The van der Waals surface area contributed by atoms with Crippen LogP contribution in [0.3, 0.4) is 0 Å². The lowest BCUT2D eigenvalue weighted by atomic mass is 10.2. The third-order valence-electron chi connectivity index (χ3n) is 2.29. The van der Waals surface area contributed by atoms with E-state index in [2.05, 4.69) is 0 Å². The van der Waals surface area contributed by atoms with Gasteiger partial charge in [-0.05, 0) is 18.2 Å². The van der Waals surface area contributed by atoms with E-state index >= 15 is 0 Å². The maximum absolute atomic E-state index is 8.78. The molecule has 17 heavy (non-hydrogen) atoms. The number of hydrogen-bond acceptors (Lipinski definition) is 2. The second-order valence-electron chi connectivity index (χ2n) is 3.54. The first-order valence-corrected chi connectivity index (χ1v) is 5.49. The average molecular weight is 226 g/mol. The molecule has 86 valence electrons. The van der Waals surface area contributed by atoms with Crippen LogP contribution in [0.1, 0.15) is 5.56 Å². The monoisotopic (exact) mass is 226 g/mol. The highest BCUT2D eigenvalue weighted by atomic mass is 16.5. The van der Waals surface area contributed by atoms with Crippen molar-refractivity contribution in [2.45, 2.75) is 0 Å². The Morgan fingerprint density at radius 3 is 2.41 bits per heavy atom. The van der Waals surface area contributed by atoms with Crippen LogP contribution >= 0.6 is 0 Å². The number of benzene rings is 2. The Balaban J connectivity index is 2.23. The van der Waals surface area contributed by atoms with Gasteiger partial charge in [-0.25, -0.2) is 0 Å². The first-order chi connectivity index (χ1) is 8.40. The lowest BCUT2D eigenvalue weighted by Gasteiger charge is -2.08. The van der Waals surface area contributed by atoms with E-state index in [1.165, 1.54) is 0 Å². The predicted molar refractivity (Wildman–Crippen MR) is 69.1 cm³/mol. The van der Waals surface area contributed by atoms with E-state index in [9.17, 15) is 0 Å². The van der Waals surface area contributed by atoms with Crippen LogP contribution < -0.4 is 4.74 Å². The molecule has 0 spiro atoms. The van der Waals surface area contributed by atoms with E-state index in [1.807, 2.05) is 60.7 Å². The van der Waals surface area contributed by atoms with E-state index in [0.717, 1.165) is 17.1 Å². The Labute approximate surface area is 101 Å². The van der Waals surface area contributed by atoms with Crippen molar-refractivity contribution < 1.29 is 9.84 Å². The van der Waals surface area contributed by atoms with Crippen LogP contribution in [0.4, 0.5) is 0 Å². The van der Waals surface area contributed by atoms with E-state index in [0.29, 0.717) is 0 Å². The quantitative estimate of drug-likeness (QED) is 0.864. The van der Waals surface area contributed by atoms with Crippen molar-refractivity contribution >= 4 is 6.08 Å². The molecule has 0 heterocycles. The second kappa shape index (κ2) is 5.87. The Kier molecular flexibility index (Phi) is 3.95. The molecule has 1 N–H and O–H groups in total. The van der Waals surface area contributed by atoms with Crippen molar-refractivity contribution in [3.8, 4) is 11.5 Å². The molecule has 0 aliphatic rings. The van der Waals surface area contributed by atoms with Crippen molar-refractivity contribution in [1.29, 1.82) is 0 Å². The summed E-state index contributed by atoms with van der Waals surface area (Å²) in [5.41, 5.74) is 0.949. The van der Waals surface area contributed by atoms with Gasteiger partial charge in [-0.3, -0.25) is 0 Å². The molecule has 0 atom stereocenters. The SMILES string of the molecule is OCC=Cc1ccccc1Oc1ccccc1. The molecule has 0 aliphatic carbocycles. The summed E-state index contributed by atoms with van der Waals surface area (Å²) in [6, 6.07) is 17.4. The number of para-hydroxylation sites is 2. The zero-order chi connectivity index (χ0) is 11.9. The maximum Gasteiger partial charge on any atom is 0.134 e. The summed E-state index contributed by atoms with van der Waals surface area (Å²) < 4.78 is 5.77. The van der Waals surface area contributed by atoms with Crippen LogP contribution in [0.25, 0.3) is 6.08 Å². The molecular weight excluding hydrogens is 212 g/mol. The lowest BCUT2D eigenvalue weighted by molar-refractivity contribution is 0.343. The molecule has 2 heteroatoms. The number of rotatable bonds is 4. The molecule has 2 aromatic carbocycles. The fourth-order valence-corrected chi connectivity index (χ4v) is 1.51. The molecule has 0 amide bonds. The van der Waals surface area contributed by atoms with Crippen LogP contribution in [0, 0.1) is 0 Å². The molecule has 0 saturated heterocycles. The Hall–Kier alpha value is -2.06. The fraction of sp³-hybridized carbons (Fsp3) is 0.0667. The van der Waals surface area contributed by atoms with Crippen LogP contribution in [0.2, 0.25) is 0 Å². The minimum absolute atomic E-state index is 0.0275. The number of aliphatic hydroxyl groups is 1. The van der Waals surface area contributed by atoms with Gasteiger partial charge >= 0.3 is 0 Å². The van der Waals surface area contributed by atoms with Crippen LogP contribution in [-0.4, -0.2) is 11.7 Å². The van der Waals surface area contributed by atoms with Crippen molar-refractivity contribution in [3.05, 3.63) is 66.2 Å². The van der Waals surface area contributed by atoms with Gasteiger partial charge in [0.1, 0.15) is 11.5 Å². The van der Waals surface area contributed by atoms with Crippen molar-refractivity contribution in [1.82, 2.24) is 0 Å². The zero-order valence-corrected chi connectivity index (χ0v) is 9.41. The first-order valence-electron chi connectivity index (χ1n) is 5.49. The highest BCUT2D eigenvalue weighted by molar-refractivity contribution is 5.58. The van der Waals surface area contributed by atoms with Gasteiger partial charge in [-0.2, -0.15) is 0 Å². The third-order valence-corrected chi connectivity index (χ3v) is 2.29. The molecule has 2 aromatic rings. The van der Waals surface area contributed by atoms with Crippen molar-refractivity contribution in [2.24, 2.45) is 0 Å². The lowest BCUT2D eigenvalue weighted by Crippen LogP contribution is -1.87.